The van der Waals surface area contributed by atoms with Crippen LogP contribution in [0.25, 0.3) is 0 Å². The van der Waals surface area contributed by atoms with Crippen LogP contribution in [-0.4, -0.2) is 43.3 Å². The normalized spacial score (nSPS) is 12.0. The second kappa shape index (κ2) is 8.07. The Morgan fingerprint density at radius 2 is 1.73 bits per heavy atom. The lowest BCUT2D eigenvalue weighted by atomic mass is 10.2. The van der Waals surface area contributed by atoms with E-state index < -0.39 is 20.0 Å². The molecule has 0 aromatic heterocycles. The second-order valence-corrected chi connectivity index (χ2v) is 9.42. The van der Waals surface area contributed by atoms with Crippen LogP contribution in [0, 0.1) is 6.92 Å². The van der Waals surface area contributed by atoms with Crippen molar-refractivity contribution in [2.24, 2.45) is 0 Å². The number of nitrogens with one attached hydrogen (secondary N) is 1. The predicted molar refractivity (Wildman–Crippen MR) is 102 cm³/mol. The minimum atomic E-state index is -3.72. The maximum atomic E-state index is 12.4. The standard InChI is InChI=1S/C17H22N2O5S2/c1-14-6-4-9-17(12-14)26(22,23)18-10-11-19(25(3,20)21)15-7-5-8-16(13-15)24-2/h4-9,12-13,18H,10-11H2,1-3H3. The van der Waals surface area contributed by atoms with Crippen molar-refractivity contribution in [3.05, 3.63) is 54.1 Å². The number of hydrogen-bond donors (Lipinski definition) is 1. The SMILES string of the molecule is COc1cccc(N(CCNS(=O)(=O)c2cccc(C)c2)S(C)(=O)=O)c1. The number of hydrogen-bond acceptors (Lipinski definition) is 5. The molecule has 2 rings (SSSR count). The number of aryl methyl sites for hydroxylation is 1. The molecule has 0 spiro atoms. The molecule has 26 heavy (non-hydrogen) atoms. The van der Waals surface area contributed by atoms with E-state index in [1.54, 1.807) is 49.4 Å². The molecule has 1 N–H and O–H groups in total. The summed E-state index contributed by atoms with van der Waals surface area (Å²) in [6.45, 7) is 1.69. The van der Waals surface area contributed by atoms with Crippen LogP contribution >= 0.6 is 0 Å². The molecule has 7 nitrogen and oxygen atoms in total. The smallest absolute Gasteiger partial charge is 0.240 e. The molecular formula is C17H22N2O5S2. The summed E-state index contributed by atoms with van der Waals surface area (Å²) in [5.74, 6) is 0.511. The third kappa shape index (κ3) is 5.20. The molecule has 0 saturated heterocycles. The van der Waals surface area contributed by atoms with Gasteiger partial charge in [-0.15, -0.1) is 0 Å². The quantitative estimate of drug-likeness (QED) is 0.731. The van der Waals surface area contributed by atoms with Crippen LogP contribution in [0.15, 0.2) is 53.4 Å². The van der Waals surface area contributed by atoms with Gasteiger partial charge in [0.05, 0.1) is 23.9 Å². The van der Waals surface area contributed by atoms with Crippen molar-refractivity contribution in [3.8, 4) is 5.75 Å². The van der Waals surface area contributed by atoms with Crippen molar-refractivity contribution in [3.63, 3.8) is 0 Å². The summed E-state index contributed by atoms with van der Waals surface area (Å²) < 4.78 is 57.6. The molecule has 2 aromatic rings. The van der Waals surface area contributed by atoms with Crippen molar-refractivity contribution in [2.45, 2.75) is 11.8 Å². The fourth-order valence-electron chi connectivity index (χ4n) is 2.40. The highest BCUT2D eigenvalue weighted by molar-refractivity contribution is 7.92. The van der Waals surface area contributed by atoms with Gasteiger partial charge in [-0.1, -0.05) is 18.2 Å². The van der Waals surface area contributed by atoms with Crippen molar-refractivity contribution >= 4 is 25.7 Å². The van der Waals surface area contributed by atoms with Crippen molar-refractivity contribution in [1.29, 1.82) is 0 Å². The molecule has 0 unspecified atom stereocenters. The molecule has 0 aliphatic heterocycles. The number of ether oxygens (including phenoxy) is 1. The van der Waals surface area contributed by atoms with Gasteiger partial charge in [-0.05, 0) is 36.8 Å². The first-order valence-corrected chi connectivity index (χ1v) is 11.1. The average molecular weight is 399 g/mol. The van der Waals surface area contributed by atoms with Gasteiger partial charge in [0.15, 0.2) is 0 Å². The minimum absolute atomic E-state index is 0.0446. The molecule has 9 heteroatoms. The van der Waals surface area contributed by atoms with E-state index in [9.17, 15) is 16.8 Å². The van der Waals surface area contributed by atoms with Crippen LogP contribution in [0.2, 0.25) is 0 Å². The largest absolute Gasteiger partial charge is 0.497 e. The summed E-state index contributed by atoms with van der Waals surface area (Å²) in [6.07, 6.45) is 1.07. The maximum absolute atomic E-state index is 12.4. The Morgan fingerprint density at radius 3 is 2.35 bits per heavy atom. The zero-order chi connectivity index (χ0) is 19.4. The van der Waals surface area contributed by atoms with E-state index in [1.807, 2.05) is 0 Å². The monoisotopic (exact) mass is 398 g/mol. The van der Waals surface area contributed by atoms with Gasteiger partial charge in [0, 0.05) is 19.2 Å². The molecule has 0 aliphatic carbocycles. The molecule has 2 aromatic carbocycles. The van der Waals surface area contributed by atoms with E-state index in [2.05, 4.69) is 4.72 Å². The highest BCUT2D eigenvalue weighted by Gasteiger charge is 2.20. The Balaban J connectivity index is 2.15. The van der Waals surface area contributed by atoms with Crippen LogP contribution in [-0.2, 0) is 20.0 Å². The van der Waals surface area contributed by atoms with Gasteiger partial charge in [-0.25, -0.2) is 21.6 Å². The van der Waals surface area contributed by atoms with Gasteiger partial charge >= 0.3 is 0 Å². The molecule has 0 saturated carbocycles. The van der Waals surface area contributed by atoms with Gasteiger partial charge < -0.3 is 4.74 Å². The topological polar surface area (TPSA) is 92.8 Å². The third-order valence-electron chi connectivity index (χ3n) is 3.65. The van der Waals surface area contributed by atoms with E-state index in [1.165, 1.54) is 13.2 Å². The Labute approximate surface area is 154 Å². The van der Waals surface area contributed by atoms with Crippen LogP contribution in [0.5, 0.6) is 5.75 Å². The average Bonchev–Trinajstić information content (AvgIpc) is 2.57. The Kier molecular flexibility index (Phi) is 6.27. The lowest BCUT2D eigenvalue weighted by Crippen LogP contribution is -2.38. The molecule has 0 amide bonds. The van der Waals surface area contributed by atoms with Crippen molar-refractivity contribution in [1.82, 2.24) is 4.72 Å². The molecule has 0 fully saturated rings. The van der Waals surface area contributed by atoms with Crippen molar-refractivity contribution < 1.29 is 21.6 Å². The number of methoxy groups -OCH3 is 1. The maximum Gasteiger partial charge on any atom is 0.240 e. The van der Waals surface area contributed by atoms with E-state index in [0.717, 1.165) is 16.1 Å². The van der Waals surface area contributed by atoms with Crippen LogP contribution < -0.4 is 13.8 Å². The molecule has 0 atom stereocenters. The molecular weight excluding hydrogens is 376 g/mol. The number of nitrogens with zero attached hydrogens (tertiary/aromatic N) is 1. The lowest BCUT2D eigenvalue weighted by molar-refractivity contribution is 0.415. The summed E-state index contributed by atoms with van der Waals surface area (Å²) in [5.41, 5.74) is 1.23. The Morgan fingerprint density at radius 1 is 1.04 bits per heavy atom. The summed E-state index contributed by atoms with van der Waals surface area (Å²) in [5, 5.41) is 0. The van der Waals surface area contributed by atoms with Crippen LogP contribution in [0.4, 0.5) is 5.69 Å². The number of rotatable bonds is 8. The van der Waals surface area contributed by atoms with Gasteiger partial charge in [0.25, 0.3) is 0 Å². The Hall–Kier alpha value is -2.10. The molecule has 0 bridgehead atoms. The number of anilines is 1. The number of benzene rings is 2. The Bertz CT molecular complexity index is 972. The fraction of sp³-hybridized carbons (Fsp3) is 0.294. The van der Waals surface area contributed by atoms with Gasteiger partial charge in [0.1, 0.15) is 5.75 Å². The first kappa shape index (κ1) is 20.2. The van der Waals surface area contributed by atoms with E-state index in [-0.39, 0.29) is 18.0 Å². The molecule has 142 valence electrons. The number of sulfonamides is 2. The highest BCUT2D eigenvalue weighted by atomic mass is 32.2. The lowest BCUT2D eigenvalue weighted by Gasteiger charge is -2.23. The summed E-state index contributed by atoms with van der Waals surface area (Å²) in [7, 11) is -5.82. The molecule has 0 radical (unpaired) electrons. The van der Waals surface area contributed by atoms with Gasteiger partial charge in [-0.2, -0.15) is 0 Å². The highest BCUT2D eigenvalue weighted by Crippen LogP contribution is 2.22. The summed E-state index contributed by atoms with van der Waals surface area (Å²) in [4.78, 5) is 0.143. The van der Waals surface area contributed by atoms with Crippen molar-refractivity contribution in [2.75, 3.05) is 30.8 Å². The second-order valence-electron chi connectivity index (χ2n) is 5.75. The first-order valence-electron chi connectivity index (χ1n) is 7.81. The van der Waals surface area contributed by atoms with E-state index >= 15 is 0 Å². The fourth-order valence-corrected chi connectivity index (χ4v) is 4.44. The molecule has 0 heterocycles. The third-order valence-corrected chi connectivity index (χ3v) is 6.30. The predicted octanol–water partition coefficient (Wildman–Crippen LogP) is 1.75. The van der Waals surface area contributed by atoms with E-state index in [0.29, 0.717) is 11.4 Å². The van der Waals surface area contributed by atoms with Crippen LogP contribution in [0.1, 0.15) is 5.56 Å². The van der Waals surface area contributed by atoms with E-state index in [4.69, 9.17) is 4.74 Å². The zero-order valence-electron chi connectivity index (χ0n) is 14.8. The summed E-state index contributed by atoms with van der Waals surface area (Å²) >= 11 is 0. The molecule has 0 aliphatic rings. The van der Waals surface area contributed by atoms with Crippen LogP contribution in [0.3, 0.4) is 0 Å². The van der Waals surface area contributed by atoms with Gasteiger partial charge in [0.2, 0.25) is 20.0 Å². The summed E-state index contributed by atoms with van der Waals surface area (Å²) in [6, 6.07) is 13.1. The zero-order valence-corrected chi connectivity index (χ0v) is 16.5. The van der Waals surface area contributed by atoms with Gasteiger partial charge in [-0.3, -0.25) is 4.31 Å². The minimum Gasteiger partial charge on any atom is -0.497 e. The first-order chi connectivity index (χ1) is 12.1.